The Balaban J connectivity index is 1.86. The third-order valence-corrected chi connectivity index (χ3v) is 3.06. The predicted octanol–water partition coefficient (Wildman–Crippen LogP) is 1.47. The van der Waals surface area contributed by atoms with E-state index in [4.69, 9.17) is 9.84 Å². The highest BCUT2D eigenvalue weighted by molar-refractivity contribution is 5.90. The molecule has 0 bridgehead atoms. The van der Waals surface area contributed by atoms with Crippen molar-refractivity contribution in [3.63, 3.8) is 0 Å². The van der Waals surface area contributed by atoms with Gasteiger partial charge in [-0.1, -0.05) is 0 Å². The van der Waals surface area contributed by atoms with Crippen molar-refractivity contribution in [2.45, 2.75) is 31.9 Å². The van der Waals surface area contributed by atoms with Gasteiger partial charge in [-0.3, -0.25) is 0 Å². The molecule has 0 aliphatic carbocycles. The van der Waals surface area contributed by atoms with Crippen LogP contribution in [0.15, 0.2) is 18.3 Å². The molecular formula is C13H17N3O4. The normalized spacial score (nSPS) is 22.1. The fourth-order valence-electron chi connectivity index (χ4n) is 2.08. The standard InChI is InChI=1S/C13H17N3O4/c1-8-6-9(4-5-20-8)15-13(19)16-10-2-3-11(12(17)18)14-7-10/h2-3,7-9H,4-6H2,1H3,(H,17,18)(H2,15,16,19). The van der Waals surface area contributed by atoms with Gasteiger partial charge in [-0.2, -0.15) is 0 Å². The first kappa shape index (κ1) is 14.3. The molecule has 1 aromatic rings. The number of nitrogens with one attached hydrogen (secondary N) is 2. The summed E-state index contributed by atoms with van der Waals surface area (Å²) in [7, 11) is 0. The number of rotatable bonds is 3. The van der Waals surface area contributed by atoms with E-state index < -0.39 is 5.97 Å². The first-order chi connectivity index (χ1) is 9.54. The largest absolute Gasteiger partial charge is 0.477 e. The van der Waals surface area contributed by atoms with Crippen LogP contribution in [0, 0.1) is 0 Å². The number of carboxylic acid groups (broad SMARTS) is 1. The Hall–Kier alpha value is -2.15. The summed E-state index contributed by atoms with van der Waals surface area (Å²) >= 11 is 0. The van der Waals surface area contributed by atoms with Crippen LogP contribution in [0.5, 0.6) is 0 Å². The Labute approximate surface area is 116 Å². The number of carboxylic acids is 1. The molecule has 1 aromatic heterocycles. The smallest absolute Gasteiger partial charge is 0.354 e. The fraction of sp³-hybridized carbons (Fsp3) is 0.462. The van der Waals surface area contributed by atoms with E-state index in [9.17, 15) is 9.59 Å². The lowest BCUT2D eigenvalue weighted by atomic mass is 10.0. The fourth-order valence-corrected chi connectivity index (χ4v) is 2.08. The maximum absolute atomic E-state index is 11.8. The van der Waals surface area contributed by atoms with Crippen molar-refractivity contribution in [2.75, 3.05) is 11.9 Å². The van der Waals surface area contributed by atoms with Crippen LogP contribution >= 0.6 is 0 Å². The van der Waals surface area contributed by atoms with Gasteiger partial charge < -0.3 is 20.5 Å². The van der Waals surface area contributed by atoms with Crippen LogP contribution in [0.4, 0.5) is 10.5 Å². The molecule has 2 amide bonds. The van der Waals surface area contributed by atoms with Gasteiger partial charge in [-0.15, -0.1) is 0 Å². The lowest BCUT2D eigenvalue weighted by Crippen LogP contribution is -2.43. The summed E-state index contributed by atoms with van der Waals surface area (Å²) in [4.78, 5) is 26.2. The molecule has 108 valence electrons. The van der Waals surface area contributed by atoms with Crippen molar-refractivity contribution >= 4 is 17.7 Å². The highest BCUT2D eigenvalue weighted by Crippen LogP contribution is 2.13. The lowest BCUT2D eigenvalue weighted by Gasteiger charge is -2.27. The number of carbonyl (C=O) groups excluding carboxylic acids is 1. The average Bonchev–Trinajstić information content (AvgIpc) is 2.39. The van der Waals surface area contributed by atoms with Crippen molar-refractivity contribution in [3.05, 3.63) is 24.0 Å². The number of hydrogen-bond acceptors (Lipinski definition) is 4. The Morgan fingerprint density at radius 3 is 2.85 bits per heavy atom. The third-order valence-electron chi connectivity index (χ3n) is 3.06. The number of ether oxygens (including phenoxy) is 1. The van der Waals surface area contributed by atoms with Gasteiger partial charge in [0.15, 0.2) is 0 Å². The predicted molar refractivity (Wildman–Crippen MR) is 71.8 cm³/mol. The first-order valence-electron chi connectivity index (χ1n) is 6.43. The van der Waals surface area contributed by atoms with Crippen molar-refractivity contribution in [2.24, 2.45) is 0 Å². The summed E-state index contributed by atoms with van der Waals surface area (Å²) in [5.74, 6) is -1.10. The number of nitrogens with zero attached hydrogens (tertiary/aromatic N) is 1. The second-order valence-electron chi connectivity index (χ2n) is 4.74. The highest BCUT2D eigenvalue weighted by Gasteiger charge is 2.20. The Kier molecular flexibility index (Phi) is 4.52. The van der Waals surface area contributed by atoms with Gasteiger partial charge in [0.1, 0.15) is 5.69 Å². The van der Waals surface area contributed by atoms with E-state index in [0.29, 0.717) is 12.3 Å². The highest BCUT2D eigenvalue weighted by atomic mass is 16.5. The van der Waals surface area contributed by atoms with Crippen LogP contribution in [0.3, 0.4) is 0 Å². The number of anilines is 1. The van der Waals surface area contributed by atoms with Gasteiger partial charge in [0.25, 0.3) is 0 Å². The van der Waals surface area contributed by atoms with Gasteiger partial charge in [0.2, 0.25) is 0 Å². The average molecular weight is 279 g/mol. The molecule has 2 unspecified atom stereocenters. The third kappa shape index (κ3) is 3.92. The number of amides is 2. The van der Waals surface area contributed by atoms with Gasteiger partial charge in [-0.25, -0.2) is 14.6 Å². The second kappa shape index (κ2) is 6.33. The molecule has 0 saturated carbocycles. The second-order valence-corrected chi connectivity index (χ2v) is 4.74. The van der Waals surface area contributed by atoms with Crippen LogP contribution in [0.1, 0.15) is 30.3 Å². The summed E-state index contributed by atoms with van der Waals surface area (Å²) in [6.45, 7) is 2.61. The van der Waals surface area contributed by atoms with E-state index in [1.165, 1.54) is 18.3 Å². The lowest BCUT2D eigenvalue weighted by molar-refractivity contribution is 0.0157. The monoisotopic (exact) mass is 279 g/mol. The topological polar surface area (TPSA) is 101 Å². The minimum Gasteiger partial charge on any atom is -0.477 e. The number of aromatic nitrogens is 1. The summed E-state index contributed by atoms with van der Waals surface area (Å²) < 4.78 is 5.41. The molecule has 2 atom stereocenters. The van der Waals surface area contributed by atoms with E-state index in [1.807, 2.05) is 6.92 Å². The van der Waals surface area contributed by atoms with Crippen molar-refractivity contribution in [3.8, 4) is 0 Å². The SMILES string of the molecule is CC1CC(NC(=O)Nc2ccc(C(=O)O)nc2)CCO1. The van der Waals surface area contributed by atoms with Crippen molar-refractivity contribution in [1.82, 2.24) is 10.3 Å². The number of aromatic carboxylic acids is 1. The summed E-state index contributed by atoms with van der Waals surface area (Å²) in [5, 5.41) is 14.2. The molecule has 0 aromatic carbocycles. The van der Waals surface area contributed by atoms with Crippen LogP contribution in [0.25, 0.3) is 0 Å². The van der Waals surface area contributed by atoms with Gasteiger partial charge >= 0.3 is 12.0 Å². The summed E-state index contributed by atoms with van der Waals surface area (Å²) in [6, 6.07) is 2.61. The van der Waals surface area contributed by atoms with E-state index >= 15 is 0 Å². The molecule has 20 heavy (non-hydrogen) atoms. The van der Waals surface area contributed by atoms with Crippen LogP contribution in [0.2, 0.25) is 0 Å². The maximum Gasteiger partial charge on any atom is 0.354 e. The number of urea groups is 1. The van der Waals surface area contributed by atoms with Crippen LogP contribution in [-0.4, -0.2) is 40.8 Å². The van der Waals surface area contributed by atoms with E-state index in [0.717, 1.165) is 12.8 Å². The molecule has 1 aliphatic heterocycles. The molecule has 0 radical (unpaired) electrons. The van der Waals surface area contributed by atoms with E-state index in [-0.39, 0.29) is 23.9 Å². The molecule has 3 N–H and O–H groups in total. The van der Waals surface area contributed by atoms with E-state index in [2.05, 4.69) is 15.6 Å². The van der Waals surface area contributed by atoms with Gasteiger partial charge in [0, 0.05) is 12.6 Å². The summed E-state index contributed by atoms with van der Waals surface area (Å²) in [5.41, 5.74) is 0.391. The number of hydrogen-bond donors (Lipinski definition) is 3. The van der Waals surface area contributed by atoms with Gasteiger partial charge in [0.05, 0.1) is 18.0 Å². The molecular weight excluding hydrogens is 262 g/mol. The molecule has 2 heterocycles. The van der Waals surface area contributed by atoms with E-state index in [1.54, 1.807) is 0 Å². The first-order valence-corrected chi connectivity index (χ1v) is 6.43. The molecule has 1 aliphatic rings. The molecule has 7 nitrogen and oxygen atoms in total. The number of carbonyl (C=O) groups is 2. The zero-order valence-electron chi connectivity index (χ0n) is 11.1. The molecule has 0 spiro atoms. The van der Waals surface area contributed by atoms with Crippen LogP contribution < -0.4 is 10.6 Å². The minimum atomic E-state index is -1.10. The molecule has 7 heteroatoms. The molecule has 2 rings (SSSR count). The zero-order valence-corrected chi connectivity index (χ0v) is 11.1. The minimum absolute atomic E-state index is 0.0609. The Morgan fingerprint density at radius 2 is 2.25 bits per heavy atom. The Bertz CT molecular complexity index is 489. The van der Waals surface area contributed by atoms with Gasteiger partial charge in [-0.05, 0) is 31.9 Å². The Morgan fingerprint density at radius 1 is 1.45 bits per heavy atom. The number of pyridine rings is 1. The zero-order chi connectivity index (χ0) is 14.5. The summed E-state index contributed by atoms with van der Waals surface area (Å²) in [6.07, 6.45) is 3.03. The van der Waals surface area contributed by atoms with Crippen molar-refractivity contribution < 1.29 is 19.4 Å². The molecule has 1 fully saturated rings. The maximum atomic E-state index is 11.8. The van der Waals surface area contributed by atoms with Crippen molar-refractivity contribution in [1.29, 1.82) is 0 Å². The quantitative estimate of drug-likeness (QED) is 0.777. The van der Waals surface area contributed by atoms with Crippen LogP contribution in [-0.2, 0) is 4.74 Å². The molecule has 1 saturated heterocycles.